The highest BCUT2D eigenvalue weighted by molar-refractivity contribution is 4.85. The van der Waals surface area contributed by atoms with Gasteiger partial charge in [0.25, 0.3) is 6.43 Å². The minimum absolute atomic E-state index is 0.151. The Morgan fingerprint density at radius 3 is 1.79 bits per heavy atom. The molecular formula is C11H23F2N. The van der Waals surface area contributed by atoms with Crippen LogP contribution in [-0.2, 0) is 0 Å². The fourth-order valence-corrected chi connectivity index (χ4v) is 2.06. The minimum atomic E-state index is -2.30. The predicted molar refractivity (Wildman–Crippen MR) is 56.8 cm³/mol. The van der Waals surface area contributed by atoms with Crippen molar-refractivity contribution in [1.29, 1.82) is 0 Å². The number of halogens is 2. The first-order chi connectivity index (χ1) is 6.03. The van der Waals surface area contributed by atoms with Gasteiger partial charge < -0.3 is 5.32 Å². The molecule has 0 heterocycles. The summed E-state index contributed by atoms with van der Waals surface area (Å²) in [5, 5.41) is 2.96. The second-order valence-electron chi connectivity index (χ2n) is 5.89. The maximum atomic E-state index is 12.3. The SMILES string of the molecule is CC(NC(C)(C)CC(C)(C)C)C(F)F. The fraction of sp³-hybridized carbons (Fsp3) is 1.00. The van der Waals surface area contributed by atoms with Crippen LogP contribution in [0.2, 0.25) is 0 Å². The van der Waals surface area contributed by atoms with E-state index in [2.05, 4.69) is 26.1 Å². The Balaban J connectivity index is 4.20. The van der Waals surface area contributed by atoms with Gasteiger partial charge in [-0.15, -0.1) is 0 Å². The van der Waals surface area contributed by atoms with Gasteiger partial charge in [-0.2, -0.15) is 0 Å². The maximum Gasteiger partial charge on any atom is 0.253 e. The molecule has 3 heteroatoms. The zero-order valence-corrected chi connectivity index (χ0v) is 10.1. The molecule has 0 saturated carbocycles. The van der Waals surface area contributed by atoms with Crippen molar-refractivity contribution in [3.05, 3.63) is 0 Å². The highest BCUT2D eigenvalue weighted by Gasteiger charge is 2.28. The first-order valence-corrected chi connectivity index (χ1v) is 5.09. The summed E-state index contributed by atoms with van der Waals surface area (Å²) in [6, 6.07) is -0.743. The number of hydrogen-bond donors (Lipinski definition) is 1. The molecule has 0 aromatic rings. The van der Waals surface area contributed by atoms with E-state index in [0.29, 0.717) is 0 Å². The quantitative estimate of drug-likeness (QED) is 0.744. The van der Waals surface area contributed by atoms with Gasteiger partial charge in [0.1, 0.15) is 0 Å². The summed E-state index contributed by atoms with van der Waals surface area (Å²) in [7, 11) is 0. The molecular weight excluding hydrogens is 184 g/mol. The van der Waals surface area contributed by atoms with E-state index in [-0.39, 0.29) is 11.0 Å². The van der Waals surface area contributed by atoms with Crippen LogP contribution in [0.25, 0.3) is 0 Å². The maximum absolute atomic E-state index is 12.3. The van der Waals surface area contributed by atoms with Crippen LogP contribution in [0.3, 0.4) is 0 Å². The van der Waals surface area contributed by atoms with Crippen LogP contribution in [0, 0.1) is 5.41 Å². The zero-order chi connectivity index (χ0) is 11.6. The number of nitrogens with one attached hydrogen (secondary N) is 1. The van der Waals surface area contributed by atoms with E-state index in [1.54, 1.807) is 0 Å². The average molecular weight is 207 g/mol. The molecule has 0 aromatic heterocycles. The van der Waals surface area contributed by atoms with Crippen LogP contribution in [0.4, 0.5) is 8.78 Å². The molecule has 0 bridgehead atoms. The summed E-state index contributed by atoms with van der Waals surface area (Å²) >= 11 is 0. The summed E-state index contributed by atoms with van der Waals surface area (Å²) in [5.41, 5.74) is -0.0908. The molecule has 86 valence electrons. The van der Waals surface area contributed by atoms with Crippen LogP contribution >= 0.6 is 0 Å². The summed E-state index contributed by atoms with van der Waals surface area (Å²) < 4.78 is 24.7. The molecule has 1 atom stereocenters. The molecule has 0 saturated heterocycles. The predicted octanol–water partition coefficient (Wildman–Crippen LogP) is 3.44. The van der Waals surface area contributed by atoms with Gasteiger partial charge >= 0.3 is 0 Å². The Morgan fingerprint density at radius 1 is 1.07 bits per heavy atom. The molecule has 0 amide bonds. The van der Waals surface area contributed by atoms with Gasteiger partial charge in [-0.1, -0.05) is 20.8 Å². The molecule has 0 fully saturated rings. The van der Waals surface area contributed by atoms with E-state index in [9.17, 15) is 8.78 Å². The van der Waals surface area contributed by atoms with Gasteiger partial charge in [-0.05, 0) is 32.6 Å². The third-order valence-corrected chi connectivity index (χ3v) is 1.97. The zero-order valence-electron chi connectivity index (χ0n) is 10.1. The third-order valence-electron chi connectivity index (χ3n) is 1.97. The molecule has 1 unspecified atom stereocenters. The molecule has 1 N–H and O–H groups in total. The lowest BCUT2D eigenvalue weighted by Gasteiger charge is -2.35. The molecule has 0 spiro atoms. The van der Waals surface area contributed by atoms with Crippen molar-refractivity contribution in [3.63, 3.8) is 0 Å². The van der Waals surface area contributed by atoms with Crippen molar-refractivity contribution in [2.24, 2.45) is 5.41 Å². The fourth-order valence-electron chi connectivity index (χ4n) is 2.06. The Bertz CT molecular complexity index is 171. The number of hydrogen-bond acceptors (Lipinski definition) is 1. The van der Waals surface area contributed by atoms with Crippen molar-refractivity contribution in [1.82, 2.24) is 5.32 Å². The first-order valence-electron chi connectivity index (χ1n) is 5.09. The molecule has 1 nitrogen and oxygen atoms in total. The lowest BCUT2D eigenvalue weighted by Crippen LogP contribution is -2.49. The van der Waals surface area contributed by atoms with Crippen molar-refractivity contribution in [2.45, 2.75) is 66.0 Å². The Hall–Kier alpha value is -0.180. The van der Waals surface area contributed by atoms with Crippen molar-refractivity contribution < 1.29 is 8.78 Å². The van der Waals surface area contributed by atoms with E-state index in [4.69, 9.17) is 0 Å². The molecule has 0 aliphatic carbocycles. The molecule has 0 rings (SSSR count). The first kappa shape index (κ1) is 13.8. The van der Waals surface area contributed by atoms with Crippen LogP contribution in [0.5, 0.6) is 0 Å². The van der Waals surface area contributed by atoms with Gasteiger partial charge in [0, 0.05) is 5.54 Å². The molecule has 0 aliphatic rings. The topological polar surface area (TPSA) is 12.0 Å². The van der Waals surface area contributed by atoms with Crippen LogP contribution in [-0.4, -0.2) is 18.0 Å². The van der Waals surface area contributed by atoms with E-state index >= 15 is 0 Å². The van der Waals surface area contributed by atoms with Crippen molar-refractivity contribution in [3.8, 4) is 0 Å². The van der Waals surface area contributed by atoms with E-state index in [1.807, 2.05) is 13.8 Å². The highest BCUT2D eigenvalue weighted by atomic mass is 19.3. The summed E-state index contributed by atoms with van der Waals surface area (Å²) in [4.78, 5) is 0. The van der Waals surface area contributed by atoms with Crippen LogP contribution in [0.15, 0.2) is 0 Å². The smallest absolute Gasteiger partial charge is 0.253 e. The number of alkyl halides is 2. The van der Waals surface area contributed by atoms with Crippen molar-refractivity contribution >= 4 is 0 Å². The Morgan fingerprint density at radius 2 is 1.50 bits per heavy atom. The Labute approximate surface area is 86.3 Å². The third kappa shape index (κ3) is 6.30. The molecule has 14 heavy (non-hydrogen) atoms. The monoisotopic (exact) mass is 207 g/mol. The normalized spacial score (nSPS) is 16.1. The second-order valence-corrected chi connectivity index (χ2v) is 5.89. The van der Waals surface area contributed by atoms with E-state index in [1.165, 1.54) is 6.92 Å². The van der Waals surface area contributed by atoms with Gasteiger partial charge in [0.2, 0.25) is 0 Å². The van der Waals surface area contributed by atoms with Gasteiger partial charge in [-0.3, -0.25) is 0 Å². The molecule has 0 radical (unpaired) electrons. The standard InChI is InChI=1S/C11H23F2N/c1-8(9(12)13)14-11(5,6)7-10(2,3)4/h8-9,14H,7H2,1-6H3. The average Bonchev–Trinajstić information content (AvgIpc) is 1.78. The highest BCUT2D eigenvalue weighted by Crippen LogP contribution is 2.27. The van der Waals surface area contributed by atoms with Crippen LogP contribution in [0.1, 0.15) is 48.0 Å². The lowest BCUT2D eigenvalue weighted by molar-refractivity contribution is 0.0825. The molecule has 0 aromatic carbocycles. The molecule has 0 aliphatic heterocycles. The lowest BCUT2D eigenvalue weighted by atomic mass is 9.81. The van der Waals surface area contributed by atoms with E-state index in [0.717, 1.165) is 6.42 Å². The largest absolute Gasteiger partial charge is 0.304 e. The van der Waals surface area contributed by atoms with Gasteiger partial charge in [0.05, 0.1) is 6.04 Å². The summed E-state index contributed by atoms with van der Waals surface area (Å²) in [5.74, 6) is 0. The van der Waals surface area contributed by atoms with E-state index < -0.39 is 12.5 Å². The summed E-state index contributed by atoms with van der Waals surface area (Å²) in [6.45, 7) is 11.8. The van der Waals surface area contributed by atoms with Crippen molar-refractivity contribution in [2.75, 3.05) is 0 Å². The Kier molecular flexibility index (Phi) is 4.50. The van der Waals surface area contributed by atoms with Gasteiger partial charge in [-0.25, -0.2) is 8.78 Å². The summed E-state index contributed by atoms with van der Waals surface area (Å²) in [6.07, 6.45) is -1.42. The van der Waals surface area contributed by atoms with Gasteiger partial charge in [0.15, 0.2) is 0 Å². The second kappa shape index (κ2) is 4.56. The minimum Gasteiger partial charge on any atom is -0.304 e. The number of rotatable bonds is 4. The van der Waals surface area contributed by atoms with Crippen LogP contribution < -0.4 is 5.32 Å².